The van der Waals surface area contributed by atoms with Gasteiger partial charge < -0.3 is 15.2 Å². The van der Waals surface area contributed by atoms with E-state index < -0.39 is 23.3 Å². The summed E-state index contributed by atoms with van der Waals surface area (Å²) in [7, 11) is 1.80. The number of aromatic nitrogens is 6. The number of nitrogens with zero attached hydrogens (tertiary/aromatic N) is 7. The number of alkyl carbamates (subject to hydrolysis) is 1. The Hall–Kier alpha value is -5.08. The van der Waals surface area contributed by atoms with Gasteiger partial charge in [0, 0.05) is 74.6 Å². The zero-order chi connectivity index (χ0) is 33.0. The van der Waals surface area contributed by atoms with Crippen molar-refractivity contribution in [2.45, 2.75) is 37.6 Å². The zero-order valence-electron chi connectivity index (χ0n) is 25.6. The molecule has 1 aliphatic heterocycles. The number of hydrogen-bond donors (Lipinski definition) is 2. The molecule has 3 aromatic heterocycles. The van der Waals surface area contributed by atoms with E-state index in [9.17, 15) is 23.1 Å². The number of ether oxygens (including phenoxy) is 1. The Kier molecular flexibility index (Phi) is 9.31. The van der Waals surface area contributed by atoms with Crippen LogP contribution in [0.2, 0.25) is 0 Å². The lowest BCUT2D eigenvalue weighted by atomic mass is 9.91. The monoisotopic (exact) mass is 646 g/mol. The molecule has 1 fully saturated rings. The molecule has 2 aromatic carbocycles. The lowest BCUT2D eigenvalue weighted by Crippen LogP contribution is -2.48. The van der Waals surface area contributed by atoms with Crippen LogP contribution in [0.3, 0.4) is 0 Å². The molecule has 1 aliphatic rings. The summed E-state index contributed by atoms with van der Waals surface area (Å²) in [5.74, 6) is -1.93. The summed E-state index contributed by atoms with van der Waals surface area (Å²) in [6.07, 6.45) is 7.95. The first-order chi connectivity index (χ1) is 22.7. The molecule has 0 aliphatic carbocycles. The van der Waals surface area contributed by atoms with Crippen molar-refractivity contribution in [1.29, 1.82) is 0 Å². The van der Waals surface area contributed by atoms with Crippen molar-refractivity contribution < 1.29 is 27.8 Å². The quantitative estimate of drug-likeness (QED) is 0.229. The topological polar surface area (TPSA) is 123 Å². The van der Waals surface area contributed by atoms with E-state index in [1.807, 2.05) is 17.2 Å². The van der Waals surface area contributed by atoms with Crippen LogP contribution in [0.15, 0.2) is 79.8 Å². The molecule has 1 amide bonds. The number of benzene rings is 2. The van der Waals surface area contributed by atoms with Crippen LogP contribution in [0.4, 0.5) is 18.0 Å². The highest BCUT2D eigenvalue weighted by Crippen LogP contribution is 2.33. The second-order valence-corrected chi connectivity index (χ2v) is 11.6. The number of hydrogen-bond acceptors (Lipinski definition) is 8. The number of β-amino-alcohol motifs (C(OH)–C–C–N with tert-alkyl or cyclic N) is 1. The van der Waals surface area contributed by atoms with Crippen LogP contribution in [0.25, 0.3) is 22.4 Å². The van der Waals surface area contributed by atoms with Gasteiger partial charge in [-0.05, 0) is 60.4 Å². The molecule has 1 atom stereocenters. The molecular weight excluding hydrogens is 613 g/mol. The van der Waals surface area contributed by atoms with E-state index in [1.54, 1.807) is 36.3 Å². The van der Waals surface area contributed by atoms with E-state index in [1.165, 1.54) is 35.5 Å². The van der Waals surface area contributed by atoms with Gasteiger partial charge in [0.15, 0.2) is 0 Å². The summed E-state index contributed by atoms with van der Waals surface area (Å²) in [4.78, 5) is 22.9. The molecule has 47 heavy (non-hydrogen) atoms. The molecule has 4 heterocycles. The summed E-state index contributed by atoms with van der Waals surface area (Å²) < 4.78 is 50.8. The maximum absolute atomic E-state index is 14.8. The van der Waals surface area contributed by atoms with Gasteiger partial charge in [-0.15, -0.1) is 0 Å². The Labute approximate surface area is 268 Å². The third kappa shape index (κ3) is 7.50. The highest BCUT2D eigenvalue weighted by atomic mass is 19.1. The first kappa shape index (κ1) is 31.9. The number of aryl methyl sites for hydroxylation is 1. The number of carbonyl (C=O) groups is 1. The van der Waals surface area contributed by atoms with Gasteiger partial charge in [-0.3, -0.25) is 14.6 Å². The number of piperidine rings is 1. The van der Waals surface area contributed by atoms with Crippen LogP contribution in [-0.4, -0.2) is 71.4 Å². The smallest absolute Gasteiger partial charge is 0.407 e. The van der Waals surface area contributed by atoms with Crippen LogP contribution >= 0.6 is 0 Å². The number of likely N-dealkylation sites (tertiary alicyclic amines) is 1. The number of aliphatic hydroxyl groups is 1. The van der Waals surface area contributed by atoms with Gasteiger partial charge in [0.05, 0.1) is 6.54 Å². The van der Waals surface area contributed by atoms with E-state index in [2.05, 4.69) is 25.5 Å². The molecule has 1 saturated heterocycles. The van der Waals surface area contributed by atoms with Crippen molar-refractivity contribution in [3.8, 4) is 22.4 Å². The van der Waals surface area contributed by atoms with Gasteiger partial charge in [-0.25, -0.2) is 27.6 Å². The summed E-state index contributed by atoms with van der Waals surface area (Å²) in [5, 5.41) is 23.1. The molecule has 14 heteroatoms. The zero-order valence-corrected chi connectivity index (χ0v) is 25.6. The fourth-order valence-electron chi connectivity index (χ4n) is 5.92. The minimum absolute atomic E-state index is 0.0435. The largest absolute Gasteiger partial charge is 0.446 e. The third-order valence-electron chi connectivity index (χ3n) is 8.18. The Morgan fingerprint density at radius 1 is 1.02 bits per heavy atom. The molecule has 0 saturated carbocycles. The number of halogens is 3. The first-order valence-electron chi connectivity index (χ1n) is 15.1. The van der Waals surface area contributed by atoms with Crippen LogP contribution in [0.5, 0.6) is 0 Å². The maximum atomic E-state index is 14.8. The van der Waals surface area contributed by atoms with Gasteiger partial charge in [0.2, 0.25) is 0 Å². The minimum atomic E-state index is -1.72. The number of nitrogens with one attached hydrogen (secondary N) is 1. The molecule has 2 N–H and O–H groups in total. The predicted octanol–water partition coefficient (Wildman–Crippen LogP) is 4.44. The second-order valence-electron chi connectivity index (χ2n) is 11.6. The average molecular weight is 647 g/mol. The summed E-state index contributed by atoms with van der Waals surface area (Å²) in [6.45, 7) is 1.05. The summed E-state index contributed by atoms with van der Waals surface area (Å²) in [6, 6.07) is 11.0. The van der Waals surface area contributed by atoms with Crippen LogP contribution < -0.4 is 5.32 Å². The van der Waals surface area contributed by atoms with Gasteiger partial charge >= 0.3 is 6.09 Å². The number of carbonyl (C=O) groups excluding carboxylic acids is 1. The molecule has 0 bridgehead atoms. The highest BCUT2D eigenvalue weighted by Gasteiger charge is 2.37. The molecule has 0 radical (unpaired) electrons. The highest BCUT2D eigenvalue weighted by molar-refractivity contribution is 5.82. The Morgan fingerprint density at radius 3 is 2.51 bits per heavy atom. The van der Waals surface area contributed by atoms with Crippen LogP contribution in [-0.2, 0) is 30.5 Å². The minimum Gasteiger partial charge on any atom is -0.446 e. The lowest BCUT2D eigenvalue weighted by molar-refractivity contribution is -0.0368. The SMILES string of the molecule is Cn1cc(-c2ccncc2CNC(=O)OC2CCN(CC(O)(Cn3cncn3)c3ccc(F)cc3F)CC2)c(-c2ccc(F)cc2)n1. The standard InChI is InChI=1S/C33H33F3N8O3/c1-42-17-28(31(41-42)22-2-4-24(34)5-3-22)27-8-11-37-15-23(27)16-39-32(45)47-26-9-12-43(13-10-26)18-33(46,19-44-21-38-20-40-44)29-7-6-25(35)14-30(29)36/h2-8,11,14-15,17,20-21,26,46H,9-10,12-13,16,18-19H2,1H3,(H,39,45). The molecular formula is C33H33F3N8O3. The van der Waals surface area contributed by atoms with Crippen molar-refractivity contribution in [2.75, 3.05) is 19.6 Å². The Balaban J connectivity index is 1.06. The van der Waals surface area contributed by atoms with Gasteiger partial charge in [-0.1, -0.05) is 6.07 Å². The van der Waals surface area contributed by atoms with E-state index in [4.69, 9.17) is 4.74 Å². The van der Waals surface area contributed by atoms with Crippen molar-refractivity contribution in [3.63, 3.8) is 0 Å². The van der Waals surface area contributed by atoms with E-state index in [-0.39, 0.29) is 37.1 Å². The van der Waals surface area contributed by atoms with Crippen LogP contribution in [0, 0.1) is 17.5 Å². The van der Waals surface area contributed by atoms with Crippen LogP contribution in [0.1, 0.15) is 24.0 Å². The van der Waals surface area contributed by atoms with E-state index >= 15 is 0 Å². The van der Waals surface area contributed by atoms with Gasteiger partial charge in [0.25, 0.3) is 0 Å². The fraction of sp³-hybridized carbons (Fsp3) is 0.303. The van der Waals surface area contributed by atoms with Crippen molar-refractivity contribution in [1.82, 2.24) is 39.7 Å². The predicted molar refractivity (Wildman–Crippen MR) is 165 cm³/mol. The Bertz CT molecular complexity index is 1830. The van der Waals surface area contributed by atoms with Crippen molar-refractivity contribution in [3.05, 3.63) is 108 Å². The average Bonchev–Trinajstić information content (AvgIpc) is 3.70. The molecule has 0 spiro atoms. The molecule has 11 nitrogen and oxygen atoms in total. The van der Waals surface area contributed by atoms with Crippen molar-refractivity contribution in [2.24, 2.45) is 7.05 Å². The first-order valence-corrected chi connectivity index (χ1v) is 15.1. The number of rotatable bonds is 10. The fourth-order valence-corrected chi connectivity index (χ4v) is 5.92. The third-order valence-corrected chi connectivity index (χ3v) is 8.18. The summed E-state index contributed by atoms with van der Waals surface area (Å²) >= 11 is 0. The lowest BCUT2D eigenvalue weighted by Gasteiger charge is -2.38. The molecule has 1 unspecified atom stereocenters. The normalized spacial score (nSPS) is 15.3. The van der Waals surface area contributed by atoms with Gasteiger partial charge in [-0.2, -0.15) is 10.2 Å². The number of pyridine rings is 1. The molecule has 244 valence electrons. The maximum Gasteiger partial charge on any atom is 0.407 e. The van der Waals surface area contributed by atoms with Crippen molar-refractivity contribution >= 4 is 6.09 Å². The van der Waals surface area contributed by atoms with E-state index in [0.29, 0.717) is 31.6 Å². The van der Waals surface area contributed by atoms with Gasteiger partial charge in [0.1, 0.15) is 47.5 Å². The molecule has 5 aromatic rings. The van der Waals surface area contributed by atoms with E-state index in [0.717, 1.165) is 34.4 Å². The summed E-state index contributed by atoms with van der Waals surface area (Å²) in [5.41, 5.74) is 2.03. The number of amides is 1. The second kappa shape index (κ2) is 13.7. The Morgan fingerprint density at radius 2 is 1.79 bits per heavy atom. The molecule has 6 rings (SSSR count).